The molecule has 0 bridgehead atoms. The van der Waals surface area contributed by atoms with Gasteiger partial charge in [0.1, 0.15) is 56.4 Å². The second-order valence-electron chi connectivity index (χ2n) is 31.9. The third-order valence-corrected chi connectivity index (χ3v) is 21.4. The number of hydrogen-bond donors (Lipinski definition) is 10. The molecular weight excluding hydrogens is 1570 g/mol. The predicted octanol–water partition coefficient (Wildman–Crippen LogP) is 17.5. The molecular formula is C95H106N18O11. The Balaban J connectivity index is 0.000000154. The summed E-state index contributed by atoms with van der Waals surface area (Å²) in [5.41, 5.74) is 14.1. The van der Waals surface area contributed by atoms with Gasteiger partial charge < -0.3 is 71.1 Å². The van der Waals surface area contributed by atoms with Gasteiger partial charge in [0.25, 0.3) is 17.7 Å². The first kappa shape index (κ1) is 87.7. The van der Waals surface area contributed by atoms with E-state index in [1.165, 1.54) is 30.5 Å². The van der Waals surface area contributed by atoms with Crippen LogP contribution in [0.15, 0.2) is 188 Å². The number of ether oxygens (including phenoxy) is 5. The minimum atomic E-state index is -0.562. The fourth-order valence-corrected chi connectivity index (χ4v) is 15.3. The number of aromatic nitrogens is 9. The number of rotatable bonds is 24. The number of carbonyl (C=O) groups is 6. The molecule has 0 radical (unpaired) electrons. The van der Waals surface area contributed by atoms with E-state index < -0.39 is 11.9 Å². The van der Waals surface area contributed by atoms with Gasteiger partial charge in [0, 0.05) is 136 Å². The number of pyridine rings is 3. The number of H-pyrrole nitrogens is 2. The number of hydrogen-bond acceptors (Lipinski definition) is 22. The Bertz CT molecular complexity index is 5980. The molecule has 0 saturated carbocycles. The van der Waals surface area contributed by atoms with Crippen LogP contribution in [0.5, 0.6) is 40.2 Å². The Kier molecular flexibility index (Phi) is 28.7. The van der Waals surface area contributed by atoms with Crippen LogP contribution in [0, 0.1) is 20.8 Å². The molecule has 124 heavy (non-hydrogen) atoms. The molecule has 0 spiro atoms. The van der Waals surface area contributed by atoms with Crippen LogP contribution in [0.1, 0.15) is 169 Å². The molecule has 642 valence electrons. The summed E-state index contributed by atoms with van der Waals surface area (Å²) in [6.07, 6.45) is 7.91. The molecule has 0 unspecified atom stereocenters. The minimum Gasteiger partial charge on any atom is -0.497 e. The maximum atomic E-state index is 13.2. The number of nitrogens with zero attached hydrogens (tertiary/aromatic N) is 8. The lowest BCUT2D eigenvalue weighted by atomic mass is 9.97. The Hall–Kier alpha value is -14.1. The zero-order valence-electron chi connectivity index (χ0n) is 72.0. The van der Waals surface area contributed by atoms with Crippen LogP contribution in [0.2, 0.25) is 0 Å². The zero-order chi connectivity index (χ0) is 87.7. The van der Waals surface area contributed by atoms with Crippen LogP contribution in [0.25, 0.3) is 33.1 Å². The molecule has 6 aromatic heterocycles. The Labute approximate surface area is 720 Å². The number of nitrogens with one attached hydrogen (secondary N) is 10. The maximum absolute atomic E-state index is 13.2. The number of benzene rings is 7. The molecule has 0 aliphatic carbocycles. The van der Waals surface area contributed by atoms with Crippen molar-refractivity contribution in [3.05, 3.63) is 244 Å². The van der Waals surface area contributed by atoms with E-state index in [1.54, 1.807) is 87.2 Å². The van der Waals surface area contributed by atoms with E-state index in [0.29, 0.717) is 129 Å². The molecule has 4 amide bonds. The van der Waals surface area contributed by atoms with Gasteiger partial charge in [-0.1, -0.05) is 90.1 Å². The first-order valence-corrected chi connectivity index (χ1v) is 41.7. The van der Waals surface area contributed by atoms with Gasteiger partial charge in [-0.05, 0) is 213 Å². The lowest BCUT2D eigenvalue weighted by molar-refractivity contribution is -0.156. The first-order valence-electron chi connectivity index (χ1n) is 41.7. The topological polar surface area (TPSA) is 362 Å². The van der Waals surface area contributed by atoms with E-state index in [2.05, 4.69) is 158 Å². The number of esters is 2. The fourth-order valence-electron chi connectivity index (χ4n) is 15.3. The van der Waals surface area contributed by atoms with Crippen LogP contribution in [-0.4, -0.2) is 150 Å². The number of fused-ring (bicyclic) bond motifs is 3. The van der Waals surface area contributed by atoms with Crippen LogP contribution in [0.3, 0.4) is 0 Å². The molecule has 29 nitrogen and oxygen atoms in total. The number of aromatic amines is 2. The lowest BCUT2D eigenvalue weighted by Gasteiger charge is -2.15. The number of amides is 4. The Morgan fingerprint density at radius 2 is 0.871 bits per heavy atom. The molecule has 16 rings (SSSR count). The smallest absolute Gasteiger partial charge is 0.310 e. The molecule has 3 saturated heterocycles. The predicted molar refractivity (Wildman–Crippen MR) is 483 cm³/mol. The number of aryl methyl sites for hydroxylation is 3. The lowest BCUT2D eigenvalue weighted by Crippen LogP contribution is -2.29. The molecule has 3 atom stereocenters. The van der Waals surface area contributed by atoms with Gasteiger partial charge in [0.2, 0.25) is 5.91 Å². The molecule has 3 fully saturated rings. The van der Waals surface area contributed by atoms with Gasteiger partial charge in [-0.2, -0.15) is 15.3 Å². The Morgan fingerprint density at radius 3 is 1.24 bits per heavy atom. The summed E-state index contributed by atoms with van der Waals surface area (Å²) < 4.78 is 30.1. The van der Waals surface area contributed by atoms with Crippen LogP contribution >= 0.6 is 0 Å². The highest BCUT2D eigenvalue weighted by Gasteiger charge is 2.28. The standard InChI is InChI=1S/C35H38N6O3.C29H32N6O3.C27H30N6O2.C4H6O3/c1-22(2)30-13-10-26(18-23(30)3)39-35(42)25-6-5-7-29(19-25)44-31-15-17-37-34-32(31)33(38-27-14-16-36-20-27)40-41(34)21-24-8-11-28(43-4)12-9-24;1-17(2)24-9-8-21(14-18(24)3)32-29(37)20-6-5-7-23(15-20)38-25-10-12-30-27-26(25)28(34-33-27)31-22-11-13-35(16-22)19(4)36;1-16(2)22-8-7-19(13-17(22)3)31-27(34)18-5-4-6-21(14-18)35-23-10-12-29-25-24(23)26(33-32-25)30-20-9-11-28-15-20;1-3(5)7-4(2)6/h5-13,15,17-19,22,27,36H,14,16,20-21H2,1-4H3,(H,38,40)(H,39,42);5-10,12,14-15,17,22H,11,13,16H2,1-4H3,(H,32,37)(H2,30,31,33,34);4-8,10,12-14,16,20,28H,9,11,15H2,1-3H3,(H,31,34)(H2,29,30,32,33);1-2H3/t27-;22-;20-;/m000./s1. The van der Waals surface area contributed by atoms with Gasteiger partial charge in [0.15, 0.2) is 34.4 Å². The summed E-state index contributed by atoms with van der Waals surface area (Å²) in [6.45, 7) is 28.7. The summed E-state index contributed by atoms with van der Waals surface area (Å²) in [5, 5.41) is 48.2. The molecule has 9 heterocycles. The van der Waals surface area contributed by atoms with Crippen molar-refractivity contribution in [2.45, 2.75) is 145 Å². The molecule has 3 aliphatic heterocycles. The third kappa shape index (κ3) is 22.6. The number of likely N-dealkylation sites (tertiary alicyclic amines) is 1. The summed E-state index contributed by atoms with van der Waals surface area (Å²) >= 11 is 0. The highest BCUT2D eigenvalue weighted by molar-refractivity contribution is 6.06. The SMILES string of the molecule is CC(=O)N1CC[C@H](Nc2n[nH]c3nccc(Oc4cccc(C(=O)Nc5ccc(C(C)C)c(C)c5)c4)c23)C1.CC(=O)OC(C)=O.COc1ccc(Cn2nc(N[C@H]3CCNC3)c3c(Oc4cccc(C(=O)Nc5ccc(C(C)C)c(C)c5)c4)ccnc32)cc1.Cc1cc(NC(=O)c2cccc(Oc3ccnc4[nH]nc(N[C@H]5CCNC5)c34)c2)ccc1C(C)C. The third-order valence-electron chi connectivity index (χ3n) is 21.4. The van der Waals surface area contributed by atoms with Gasteiger partial charge in [-0.25, -0.2) is 19.6 Å². The second kappa shape index (κ2) is 40.5. The molecule has 3 aliphatic rings. The first-order chi connectivity index (χ1) is 59.8. The monoisotopic (exact) mass is 1670 g/mol. The van der Waals surface area contributed by atoms with E-state index in [9.17, 15) is 28.8 Å². The van der Waals surface area contributed by atoms with Crippen molar-refractivity contribution >= 4 is 103 Å². The van der Waals surface area contributed by atoms with Gasteiger partial charge in [0.05, 0.1) is 13.7 Å². The summed E-state index contributed by atoms with van der Waals surface area (Å²) in [5.74, 6) is 5.91. The molecule has 7 aromatic carbocycles. The Morgan fingerprint density at radius 1 is 0.460 bits per heavy atom. The van der Waals surface area contributed by atoms with Crippen LogP contribution in [-0.2, 0) is 25.7 Å². The highest BCUT2D eigenvalue weighted by atomic mass is 16.6. The van der Waals surface area contributed by atoms with Gasteiger partial charge in [-0.3, -0.25) is 39.0 Å². The normalized spacial score (nSPS) is 14.6. The largest absolute Gasteiger partial charge is 0.497 e. The maximum Gasteiger partial charge on any atom is 0.310 e. The van der Waals surface area contributed by atoms with E-state index in [-0.39, 0.29) is 35.7 Å². The van der Waals surface area contributed by atoms with Crippen molar-refractivity contribution in [1.29, 1.82) is 0 Å². The molecule has 29 heteroatoms. The van der Waals surface area contributed by atoms with Crippen molar-refractivity contribution in [3.63, 3.8) is 0 Å². The van der Waals surface area contributed by atoms with E-state index in [0.717, 1.165) is 107 Å². The van der Waals surface area contributed by atoms with Gasteiger partial charge >= 0.3 is 11.9 Å². The fraction of sp³-hybridized carbons (Fsp3) is 0.305. The van der Waals surface area contributed by atoms with Crippen LogP contribution in [0.4, 0.5) is 34.5 Å². The average Bonchev–Trinajstić information content (AvgIpc) is 1.62. The van der Waals surface area contributed by atoms with Gasteiger partial charge in [-0.15, -0.1) is 0 Å². The summed E-state index contributed by atoms with van der Waals surface area (Å²) in [7, 11) is 1.66. The zero-order valence-corrected chi connectivity index (χ0v) is 72.0. The number of anilines is 6. The highest BCUT2D eigenvalue weighted by Crippen LogP contribution is 2.39. The average molecular weight is 1680 g/mol. The second-order valence-corrected chi connectivity index (χ2v) is 31.9. The number of methoxy groups -OCH3 is 1. The molecule has 10 N–H and O–H groups in total. The minimum absolute atomic E-state index is 0.0681. The number of carbonyl (C=O) groups excluding carboxylic acids is 6. The van der Waals surface area contributed by atoms with Crippen molar-refractivity contribution in [3.8, 4) is 40.2 Å². The van der Waals surface area contributed by atoms with E-state index >= 15 is 0 Å². The molecule has 13 aromatic rings. The summed E-state index contributed by atoms with van der Waals surface area (Å²) in [4.78, 5) is 85.8. The van der Waals surface area contributed by atoms with Crippen molar-refractivity contribution in [2.75, 3.05) is 78.3 Å². The van der Waals surface area contributed by atoms with Crippen molar-refractivity contribution in [2.24, 2.45) is 0 Å². The van der Waals surface area contributed by atoms with E-state index in [4.69, 9.17) is 29.0 Å². The van der Waals surface area contributed by atoms with Crippen molar-refractivity contribution < 1.29 is 52.5 Å². The van der Waals surface area contributed by atoms with Crippen LogP contribution < -0.4 is 61.5 Å². The van der Waals surface area contributed by atoms with Crippen molar-refractivity contribution in [1.82, 2.24) is 60.7 Å². The van der Waals surface area contributed by atoms with E-state index in [1.807, 2.05) is 107 Å². The quantitative estimate of drug-likeness (QED) is 0.0198. The summed E-state index contributed by atoms with van der Waals surface area (Å²) in [6, 6.07) is 53.5.